The van der Waals surface area contributed by atoms with Crippen LogP contribution >= 0.6 is 11.3 Å². The van der Waals surface area contributed by atoms with Crippen LogP contribution in [0.5, 0.6) is 5.75 Å². The van der Waals surface area contributed by atoms with Crippen LogP contribution in [0, 0.1) is 0 Å². The van der Waals surface area contributed by atoms with Crippen molar-refractivity contribution in [1.82, 2.24) is 4.57 Å². The first-order valence-corrected chi connectivity index (χ1v) is 7.80. The molecule has 0 fully saturated rings. The van der Waals surface area contributed by atoms with Crippen LogP contribution in [0.2, 0.25) is 0 Å². The monoisotopic (exact) mass is 299 g/mol. The third kappa shape index (κ3) is 2.85. The smallest absolute Gasteiger partial charge is 0.308 e. The minimum Gasteiger partial charge on any atom is -0.491 e. The van der Waals surface area contributed by atoms with Gasteiger partial charge in [0.25, 0.3) is 0 Å². The van der Waals surface area contributed by atoms with Crippen molar-refractivity contribution in [1.29, 1.82) is 0 Å². The SMILES string of the molecule is CC(C)Oc1ccccc1Cn1c(=O)sc2ccccc21. The van der Waals surface area contributed by atoms with E-state index in [1.165, 1.54) is 11.3 Å². The van der Waals surface area contributed by atoms with Crippen LogP contribution in [0.1, 0.15) is 19.4 Å². The van der Waals surface area contributed by atoms with Crippen molar-refractivity contribution in [2.45, 2.75) is 26.5 Å². The van der Waals surface area contributed by atoms with E-state index in [0.29, 0.717) is 6.54 Å². The van der Waals surface area contributed by atoms with Gasteiger partial charge in [-0.25, -0.2) is 0 Å². The molecule has 0 unspecified atom stereocenters. The first-order chi connectivity index (χ1) is 10.1. The molecule has 0 aliphatic carbocycles. The Balaban J connectivity index is 2.03. The van der Waals surface area contributed by atoms with Crippen LogP contribution in [-0.4, -0.2) is 10.7 Å². The Morgan fingerprint density at radius 2 is 1.81 bits per heavy atom. The summed E-state index contributed by atoms with van der Waals surface area (Å²) in [6.07, 6.45) is 0.113. The maximum Gasteiger partial charge on any atom is 0.308 e. The van der Waals surface area contributed by atoms with Crippen LogP contribution in [0.25, 0.3) is 10.2 Å². The average molecular weight is 299 g/mol. The summed E-state index contributed by atoms with van der Waals surface area (Å²) in [5.41, 5.74) is 2.00. The van der Waals surface area contributed by atoms with Crippen molar-refractivity contribution in [2.75, 3.05) is 0 Å². The lowest BCUT2D eigenvalue weighted by Crippen LogP contribution is -2.15. The van der Waals surface area contributed by atoms with E-state index in [1.807, 2.05) is 66.9 Å². The van der Waals surface area contributed by atoms with Gasteiger partial charge in [0.2, 0.25) is 0 Å². The lowest BCUT2D eigenvalue weighted by atomic mass is 10.2. The third-order valence-corrected chi connectivity index (χ3v) is 4.20. The Hall–Kier alpha value is -2.07. The second-order valence-electron chi connectivity index (χ2n) is 5.20. The van der Waals surface area contributed by atoms with Gasteiger partial charge in [-0.2, -0.15) is 0 Å². The summed E-state index contributed by atoms with van der Waals surface area (Å²) >= 11 is 1.28. The lowest BCUT2D eigenvalue weighted by Gasteiger charge is -2.14. The molecule has 4 heteroatoms. The fraction of sp³-hybridized carbons (Fsp3) is 0.235. The Morgan fingerprint density at radius 1 is 1.10 bits per heavy atom. The van der Waals surface area contributed by atoms with Crippen molar-refractivity contribution in [3.05, 3.63) is 63.8 Å². The number of hydrogen-bond donors (Lipinski definition) is 0. The minimum atomic E-state index is 0.0653. The molecule has 0 N–H and O–H groups in total. The molecule has 0 aliphatic heterocycles. The van der Waals surface area contributed by atoms with E-state index in [1.54, 1.807) is 0 Å². The average Bonchev–Trinajstić information content (AvgIpc) is 2.77. The molecule has 0 amide bonds. The number of para-hydroxylation sites is 2. The van der Waals surface area contributed by atoms with Gasteiger partial charge < -0.3 is 4.74 Å². The zero-order valence-electron chi connectivity index (χ0n) is 12.1. The molecule has 0 radical (unpaired) electrons. The van der Waals surface area contributed by atoms with E-state index in [0.717, 1.165) is 21.5 Å². The Labute approximate surface area is 127 Å². The number of nitrogens with zero attached hydrogens (tertiary/aromatic N) is 1. The molecule has 0 bridgehead atoms. The van der Waals surface area contributed by atoms with E-state index < -0.39 is 0 Å². The van der Waals surface area contributed by atoms with Gasteiger partial charge >= 0.3 is 4.87 Å². The summed E-state index contributed by atoms with van der Waals surface area (Å²) in [6.45, 7) is 4.54. The Morgan fingerprint density at radius 3 is 2.62 bits per heavy atom. The number of hydrogen-bond acceptors (Lipinski definition) is 3. The number of aromatic nitrogens is 1. The molecule has 3 rings (SSSR count). The van der Waals surface area contributed by atoms with Crippen molar-refractivity contribution in [3.8, 4) is 5.75 Å². The predicted octanol–water partition coefficient (Wildman–Crippen LogP) is 3.90. The summed E-state index contributed by atoms with van der Waals surface area (Å²) in [4.78, 5) is 12.3. The van der Waals surface area contributed by atoms with Crippen molar-refractivity contribution in [3.63, 3.8) is 0 Å². The maximum atomic E-state index is 12.2. The fourth-order valence-electron chi connectivity index (χ4n) is 2.34. The van der Waals surface area contributed by atoms with Gasteiger partial charge in [-0.3, -0.25) is 9.36 Å². The molecular formula is C17H17NO2S. The molecule has 3 nitrogen and oxygen atoms in total. The molecule has 0 saturated carbocycles. The number of thiazole rings is 1. The topological polar surface area (TPSA) is 31.2 Å². The van der Waals surface area contributed by atoms with Crippen LogP contribution in [-0.2, 0) is 6.54 Å². The molecule has 1 aromatic heterocycles. The normalized spacial score (nSPS) is 11.2. The highest BCUT2D eigenvalue weighted by Crippen LogP contribution is 2.23. The lowest BCUT2D eigenvalue weighted by molar-refractivity contribution is 0.239. The van der Waals surface area contributed by atoms with Crippen LogP contribution in [0.15, 0.2) is 53.3 Å². The summed E-state index contributed by atoms with van der Waals surface area (Å²) in [5, 5.41) is 0. The van der Waals surface area contributed by atoms with Crippen LogP contribution in [0.3, 0.4) is 0 Å². The maximum absolute atomic E-state index is 12.2. The molecule has 21 heavy (non-hydrogen) atoms. The highest BCUT2D eigenvalue weighted by atomic mass is 32.1. The zero-order chi connectivity index (χ0) is 14.8. The summed E-state index contributed by atoms with van der Waals surface area (Å²) in [5.74, 6) is 0.842. The molecule has 3 aromatic rings. The number of ether oxygens (including phenoxy) is 1. The highest BCUT2D eigenvalue weighted by Gasteiger charge is 2.11. The molecule has 0 atom stereocenters. The van der Waals surface area contributed by atoms with Gasteiger partial charge in [-0.05, 0) is 32.0 Å². The summed E-state index contributed by atoms with van der Waals surface area (Å²) in [6, 6.07) is 15.8. The minimum absolute atomic E-state index is 0.0653. The van der Waals surface area contributed by atoms with Crippen molar-refractivity contribution >= 4 is 21.6 Å². The predicted molar refractivity (Wildman–Crippen MR) is 87.4 cm³/mol. The fourth-order valence-corrected chi connectivity index (χ4v) is 3.23. The summed E-state index contributed by atoms with van der Waals surface area (Å²) in [7, 11) is 0. The van der Waals surface area contributed by atoms with Gasteiger partial charge in [0.05, 0.1) is 22.9 Å². The van der Waals surface area contributed by atoms with Gasteiger partial charge in [-0.1, -0.05) is 41.7 Å². The molecule has 2 aromatic carbocycles. The van der Waals surface area contributed by atoms with Gasteiger partial charge in [0, 0.05) is 5.56 Å². The third-order valence-electron chi connectivity index (χ3n) is 3.24. The van der Waals surface area contributed by atoms with Crippen LogP contribution < -0.4 is 9.61 Å². The molecule has 108 valence electrons. The van der Waals surface area contributed by atoms with E-state index in [-0.39, 0.29) is 11.0 Å². The Bertz CT molecular complexity index is 817. The molecule has 0 spiro atoms. The van der Waals surface area contributed by atoms with E-state index in [4.69, 9.17) is 4.74 Å². The Kier molecular flexibility index (Phi) is 3.80. The number of fused-ring (bicyclic) bond motifs is 1. The summed E-state index contributed by atoms with van der Waals surface area (Å²) < 4.78 is 8.66. The quantitative estimate of drug-likeness (QED) is 0.731. The number of rotatable bonds is 4. The first-order valence-electron chi connectivity index (χ1n) is 6.98. The zero-order valence-corrected chi connectivity index (χ0v) is 12.9. The van der Waals surface area contributed by atoms with Crippen molar-refractivity contribution < 1.29 is 4.74 Å². The van der Waals surface area contributed by atoms with Gasteiger partial charge in [0.15, 0.2) is 0 Å². The standard InChI is InChI=1S/C17H17NO2S/c1-12(2)20-15-9-5-3-7-13(15)11-18-14-8-4-6-10-16(14)21-17(18)19/h3-10,12H,11H2,1-2H3. The van der Waals surface area contributed by atoms with Gasteiger partial charge in [-0.15, -0.1) is 0 Å². The van der Waals surface area contributed by atoms with E-state index in [2.05, 4.69) is 0 Å². The first kappa shape index (κ1) is 13.9. The van der Waals surface area contributed by atoms with E-state index in [9.17, 15) is 4.79 Å². The molecule has 1 heterocycles. The second kappa shape index (κ2) is 5.74. The van der Waals surface area contributed by atoms with Gasteiger partial charge in [0.1, 0.15) is 5.75 Å². The highest BCUT2D eigenvalue weighted by molar-refractivity contribution is 7.16. The largest absolute Gasteiger partial charge is 0.491 e. The van der Waals surface area contributed by atoms with E-state index >= 15 is 0 Å². The number of benzene rings is 2. The van der Waals surface area contributed by atoms with Crippen LogP contribution in [0.4, 0.5) is 0 Å². The molecule has 0 saturated heterocycles. The second-order valence-corrected chi connectivity index (χ2v) is 6.19. The van der Waals surface area contributed by atoms with Crippen molar-refractivity contribution in [2.24, 2.45) is 0 Å². The molecule has 0 aliphatic rings. The molecular weight excluding hydrogens is 282 g/mol.